The van der Waals surface area contributed by atoms with Crippen LogP contribution < -0.4 is 18.9 Å². The van der Waals surface area contributed by atoms with E-state index in [0.717, 1.165) is 17.0 Å². The second kappa shape index (κ2) is 9.65. The highest BCUT2D eigenvalue weighted by Crippen LogP contribution is 2.37. The SMILES string of the molecule is OC[C@@H](c1ccc2c(c1)OCO2)N(CCc1nnc2ccccn12)C[C@@H](O)c1ccc2c(c1)OCO2. The molecule has 2 aliphatic rings. The summed E-state index contributed by atoms with van der Waals surface area (Å²) in [5.41, 5.74) is 2.35. The molecule has 0 radical (unpaired) electrons. The molecule has 0 aliphatic carbocycles. The van der Waals surface area contributed by atoms with E-state index in [-0.39, 0.29) is 32.8 Å². The van der Waals surface area contributed by atoms with Gasteiger partial charge in [-0.25, -0.2) is 0 Å². The number of hydrogen-bond acceptors (Lipinski definition) is 9. The van der Waals surface area contributed by atoms with Crippen LogP contribution in [0.2, 0.25) is 0 Å². The lowest BCUT2D eigenvalue weighted by Crippen LogP contribution is -2.36. The summed E-state index contributed by atoms with van der Waals surface area (Å²) in [6.07, 6.45) is 1.68. The number of fused-ring (bicyclic) bond motifs is 3. The van der Waals surface area contributed by atoms with Gasteiger partial charge >= 0.3 is 0 Å². The van der Waals surface area contributed by atoms with Crippen LogP contribution in [0.25, 0.3) is 5.65 Å². The Hall–Kier alpha value is -3.86. The van der Waals surface area contributed by atoms with Crippen LogP contribution in [-0.4, -0.2) is 63.0 Å². The van der Waals surface area contributed by atoms with Gasteiger partial charge in [0.1, 0.15) is 5.82 Å². The van der Waals surface area contributed by atoms with E-state index in [1.54, 1.807) is 12.1 Å². The monoisotopic (exact) mass is 490 g/mol. The first-order chi connectivity index (χ1) is 17.7. The molecule has 2 N–H and O–H groups in total. The molecule has 36 heavy (non-hydrogen) atoms. The Morgan fingerprint density at radius 1 is 0.861 bits per heavy atom. The average Bonchev–Trinajstić information content (AvgIpc) is 3.66. The highest BCUT2D eigenvalue weighted by atomic mass is 16.7. The molecule has 0 bridgehead atoms. The number of pyridine rings is 1. The number of nitrogens with zero attached hydrogens (tertiary/aromatic N) is 4. The Balaban J connectivity index is 1.28. The van der Waals surface area contributed by atoms with Gasteiger partial charge in [0.2, 0.25) is 13.6 Å². The van der Waals surface area contributed by atoms with Crippen LogP contribution >= 0.6 is 0 Å². The van der Waals surface area contributed by atoms with E-state index >= 15 is 0 Å². The Kier molecular flexibility index (Phi) is 6.06. The number of aliphatic hydroxyl groups excluding tert-OH is 2. The third kappa shape index (κ3) is 4.30. The summed E-state index contributed by atoms with van der Waals surface area (Å²) in [7, 11) is 0. The molecule has 0 saturated carbocycles. The van der Waals surface area contributed by atoms with Crippen LogP contribution in [0.4, 0.5) is 0 Å². The second-order valence-electron chi connectivity index (χ2n) is 8.73. The quantitative estimate of drug-likeness (QED) is 0.366. The topological polar surface area (TPSA) is 111 Å². The number of benzene rings is 2. The summed E-state index contributed by atoms with van der Waals surface area (Å²) in [6, 6.07) is 16.4. The van der Waals surface area contributed by atoms with Crippen molar-refractivity contribution in [1.29, 1.82) is 0 Å². The van der Waals surface area contributed by atoms with Gasteiger partial charge in [0.15, 0.2) is 28.6 Å². The zero-order valence-corrected chi connectivity index (χ0v) is 19.5. The molecule has 0 unspecified atom stereocenters. The van der Waals surface area contributed by atoms with Gasteiger partial charge in [-0.2, -0.15) is 0 Å². The molecule has 10 nitrogen and oxygen atoms in total. The molecular formula is C26H26N4O6. The van der Waals surface area contributed by atoms with Crippen LogP contribution in [0.1, 0.15) is 29.1 Å². The van der Waals surface area contributed by atoms with E-state index in [1.165, 1.54) is 0 Å². The Labute approximate surface area is 207 Å². The maximum Gasteiger partial charge on any atom is 0.231 e. The first kappa shape index (κ1) is 22.6. The fourth-order valence-electron chi connectivity index (χ4n) is 4.68. The minimum absolute atomic E-state index is 0.145. The molecular weight excluding hydrogens is 464 g/mol. The standard InChI is InChI=1S/C26H26N4O6/c31-14-19(17-4-6-21-23(11-17)35-15-33-21)29(10-8-26-28-27-25-3-1-2-9-30(25)26)13-20(32)18-5-7-22-24(12-18)36-16-34-22/h1-7,9,11-12,19-20,31-32H,8,10,13-16H2/t19-,20+/m0/s1. The van der Waals surface area contributed by atoms with Gasteiger partial charge in [0.05, 0.1) is 18.8 Å². The van der Waals surface area contributed by atoms with Crippen LogP contribution in [0, 0.1) is 0 Å². The molecule has 2 atom stereocenters. The van der Waals surface area contributed by atoms with E-state index in [9.17, 15) is 10.2 Å². The predicted molar refractivity (Wildman–Crippen MR) is 128 cm³/mol. The molecule has 2 aromatic carbocycles. The molecule has 10 heteroatoms. The maximum atomic E-state index is 11.2. The third-order valence-corrected chi connectivity index (χ3v) is 6.59. The van der Waals surface area contributed by atoms with E-state index in [1.807, 2.05) is 53.1 Å². The summed E-state index contributed by atoms with van der Waals surface area (Å²) >= 11 is 0. The van der Waals surface area contributed by atoms with Gasteiger partial charge in [-0.05, 0) is 47.5 Å². The fraction of sp³-hybridized carbons (Fsp3) is 0.308. The van der Waals surface area contributed by atoms with Gasteiger partial charge in [-0.1, -0.05) is 18.2 Å². The summed E-state index contributed by atoms with van der Waals surface area (Å²) in [5, 5.41) is 30.3. The summed E-state index contributed by atoms with van der Waals surface area (Å²) in [4.78, 5) is 2.05. The first-order valence-electron chi connectivity index (χ1n) is 11.8. The number of rotatable bonds is 9. The highest BCUT2D eigenvalue weighted by molar-refractivity contribution is 5.46. The first-order valence-corrected chi connectivity index (χ1v) is 11.8. The largest absolute Gasteiger partial charge is 0.454 e. The molecule has 2 aromatic heterocycles. The molecule has 4 heterocycles. The normalized spacial score (nSPS) is 15.5. The van der Waals surface area contributed by atoms with Gasteiger partial charge in [-0.15, -0.1) is 10.2 Å². The Bertz CT molecular complexity index is 1380. The maximum absolute atomic E-state index is 11.2. The average molecular weight is 491 g/mol. The van der Waals surface area contributed by atoms with Crippen LogP contribution in [0.3, 0.4) is 0 Å². The minimum Gasteiger partial charge on any atom is -0.454 e. The molecule has 0 spiro atoms. The lowest BCUT2D eigenvalue weighted by Gasteiger charge is -2.32. The molecule has 0 amide bonds. The Morgan fingerprint density at radius 3 is 2.31 bits per heavy atom. The third-order valence-electron chi connectivity index (χ3n) is 6.59. The summed E-state index contributed by atoms with van der Waals surface area (Å²) in [5.74, 6) is 3.40. The zero-order valence-electron chi connectivity index (χ0n) is 19.5. The smallest absolute Gasteiger partial charge is 0.231 e. The van der Waals surface area contributed by atoms with Crippen molar-refractivity contribution in [2.45, 2.75) is 18.6 Å². The van der Waals surface area contributed by atoms with E-state index in [0.29, 0.717) is 41.5 Å². The number of aliphatic hydroxyl groups is 2. The highest BCUT2D eigenvalue weighted by Gasteiger charge is 2.26. The number of aromatic nitrogens is 3. The van der Waals surface area contributed by atoms with Crippen molar-refractivity contribution in [1.82, 2.24) is 19.5 Å². The van der Waals surface area contributed by atoms with E-state index in [2.05, 4.69) is 15.1 Å². The van der Waals surface area contributed by atoms with Crippen molar-refractivity contribution in [3.05, 3.63) is 77.7 Å². The minimum atomic E-state index is -0.822. The molecule has 0 fully saturated rings. The fourth-order valence-corrected chi connectivity index (χ4v) is 4.68. The molecule has 0 saturated heterocycles. The molecule has 6 rings (SSSR count). The van der Waals surface area contributed by atoms with Gasteiger partial charge in [-0.3, -0.25) is 9.30 Å². The van der Waals surface area contributed by atoms with Crippen molar-refractivity contribution in [3.63, 3.8) is 0 Å². The van der Waals surface area contributed by atoms with Crippen molar-refractivity contribution in [3.8, 4) is 23.0 Å². The van der Waals surface area contributed by atoms with Gasteiger partial charge < -0.3 is 29.2 Å². The number of hydrogen-bond donors (Lipinski definition) is 2. The Morgan fingerprint density at radius 2 is 1.56 bits per heavy atom. The zero-order chi connectivity index (χ0) is 24.5. The van der Waals surface area contributed by atoms with Crippen LogP contribution in [-0.2, 0) is 6.42 Å². The van der Waals surface area contributed by atoms with Crippen molar-refractivity contribution in [2.24, 2.45) is 0 Å². The number of ether oxygens (including phenoxy) is 4. The van der Waals surface area contributed by atoms with Crippen molar-refractivity contribution >= 4 is 5.65 Å². The summed E-state index contributed by atoms with van der Waals surface area (Å²) in [6.45, 7) is 1.00. The summed E-state index contributed by atoms with van der Waals surface area (Å²) < 4.78 is 23.8. The molecule has 4 aromatic rings. The van der Waals surface area contributed by atoms with Crippen LogP contribution in [0.15, 0.2) is 60.8 Å². The van der Waals surface area contributed by atoms with Crippen molar-refractivity contribution < 1.29 is 29.2 Å². The van der Waals surface area contributed by atoms with Crippen LogP contribution in [0.5, 0.6) is 23.0 Å². The molecule has 2 aliphatic heterocycles. The van der Waals surface area contributed by atoms with E-state index in [4.69, 9.17) is 18.9 Å². The lowest BCUT2D eigenvalue weighted by molar-refractivity contribution is 0.0615. The van der Waals surface area contributed by atoms with Gasteiger partial charge in [0.25, 0.3) is 0 Å². The predicted octanol–water partition coefficient (Wildman–Crippen LogP) is 2.50. The second-order valence-corrected chi connectivity index (χ2v) is 8.73. The van der Waals surface area contributed by atoms with Crippen molar-refractivity contribution in [2.75, 3.05) is 33.3 Å². The lowest BCUT2D eigenvalue weighted by atomic mass is 10.0. The molecule has 186 valence electrons. The van der Waals surface area contributed by atoms with E-state index < -0.39 is 6.10 Å². The van der Waals surface area contributed by atoms with Gasteiger partial charge in [0, 0.05) is 25.7 Å².